The number of fused-ring (bicyclic) bond motifs is 2. The van der Waals surface area contributed by atoms with Gasteiger partial charge in [-0.2, -0.15) is 0 Å². The third kappa shape index (κ3) is 3.29. The van der Waals surface area contributed by atoms with Gasteiger partial charge >= 0.3 is 0 Å². The van der Waals surface area contributed by atoms with Crippen LogP contribution in [0.4, 0.5) is 11.4 Å². The number of para-hydroxylation sites is 2. The van der Waals surface area contributed by atoms with Crippen LogP contribution in [0, 0.1) is 0 Å². The Bertz CT molecular complexity index is 1030. The highest BCUT2D eigenvalue weighted by Crippen LogP contribution is 2.32. The van der Waals surface area contributed by atoms with Gasteiger partial charge in [0, 0.05) is 29.4 Å². The molecule has 0 bridgehead atoms. The van der Waals surface area contributed by atoms with E-state index in [1.165, 1.54) is 0 Å². The van der Waals surface area contributed by atoms with Gasteiger partial charge in [-0.3, -0.25) is 9.59 Å². The van der Waals surface area contributed by atoms with E-state index in [0.29, 0.717) is 22.5 Å². The molecule has 1 aliphatic rings. The van der Waals surface area contributed by atoms with Crippen molar-refractivity contribution in [3.8, 4) is 11.5 Å². The summed E-state index contributed by atoms with van der Waals surface area (Å²) in [5, 5.41) is 14.3. The first-order valence-electron chi connectivity index (χ1n) is 8.66. The number of phenols is 1. The van der Waals surface area contributed by atoms with Gasteiger partial charge in [0.2, 0.25) is 5.91 Å². The Kier molecular flexibility index (Phi) is 4.38. The Hall–Kier alpha value is -3.54. The number of nitrogens with one attached hydrogen (secondary N) is 1. The fraction of sp³-hybridized carbons (Fsp3) is 0.143. The lowest BCUT2D eigenvalue weighted by molar-refractivity contribution is -0.121. The van der Waals surface area contributed by atoms with Crippen LogP contribution in [0.2, 0.25) is 0 Å². The summed E-state index contributed by atoms with van der Waals surface area (Å²) < 4.78 is 5.41. The van der Waals surface area contributed by atoms with Crippen molar-refractivity contribution in [3.05, 3.63) is 60.7 Å². The van der Waals surface area contributed by atoms with Crippen LogP contribution in [0.3, 0.4) is 0 Å². The topological polar surface area (TPSA) is 78.9 Å². The number of ether oxygens (including phenoxy) is 1. The van der Waals surface area contributed by atoms with E-state index >= 15 is 0 Å². The highest BCUT2D eigenvalue weighted by molar-refractivity contribution is 6.04. The number of phenolic OH excluding ortho intramolecular Hbond substituents is 1. The quantitative estimate of drug-likeness (QED) is 0.746. The molecule has 1 aliphatic heterocycles. The van der Waals surface area contributed by atoms with Crippen LogP contribution in [-0.4, -0.2) is 30.1 Å². The van der Waals surface area contributed by atoms with Gasteiger partial charge in [0.05, 0.1) is 5.69 Å². The Morgan fingerprint density at radius 1 is 1.04 bits per heavy atom. The van der Waals surface area contributed by atoms with E-state index in [9.17, 15) is 14.7 Å². The van der Waals surface area contributed by atoms with Crippen molar-refractivity contribution in [1.82, 2.24) is 0 Å². The normalized spacial score (nSPS) is 13.2. The maximum atomic E-state index is 12.5. The van der Waals surface area contributed by atoms with Gasteiger partial charge < -0.3 is 20.1 Å². The van der Waals surface area contributed by atoms with Gasteiger partial charge in [-0.15, -0.1) is 0 Å². The minimum atomic E-state index is -0.206. The summed E-state index contributed by atoms with van der Waals surface area (Å²) in [4.78, 5) is 26.2. The maximum absolute atomic E-state index is 12.5. The number of anilines is 2. The molecule has 0 aromatic heterocycles. The fourth-order valence-electron chi connectivity index (χ4n) is 3.23. The molecule has 0 fully saturated rings. The number of hydrogen-bond donors (Lipinski definition) is 2. The average molecular weight is 362 g/mol. The van der Waals surface area contributed by atoms with Gasteiger partial charge in [0.1, 0.15) is 11.5 Å². The predicted octanol–water partition coefficient (Wildman–Crippen LogP) is 3.30. The second kappa shape index (κ2) is 6.99. The van der Waals surface area contributed by atoms with Crippen LogP contribution < -0.4 is 15.0 Å². The predicted molar refractivity (Wildman–Crippen MR) is 103 cm³/mol. The second-order valence-corrected chi connectivity index (χ2v) is 6.28. The summed E-state index contributed by atoms with van der Waals surface area (Å²) in [5.41, 5.74) is 1.30. The molecule has 0 atom stereocenters. The second-order valence-electron chi connectivity index (χ2n) is 6.28. The summed E-state index contributed by atoms with van der Waals surface area (Å²) in [7, 11) is 0. The number of amides is 2. The van der Waals surface area contributed by atoms with E-state index < -0.39 is 0 Å². The third-order valence-electron chi connectivity index (χ3n) is 4.54. The molecule has 3 aromatic rings. The summed E-state index contributed by atoms with van der Waals surface area (Å²) in [6.07, 6.45) is 0.148. The summed E-state index contributed by atoms with van der Waals surface area (Å²) >= 11 is 0. The monoisotopic (exact) mass is 362 g/mol. The molecule has 0 aliphatic carbocycles. The molecule has 0 unspecified atom stereocenters. The molecule has 0 radical (unpaired) electrons. The lowest BCUT2D eigenvalue weighted by Crippen LogP contribution is -2.40. The fourth-order valence-corrected chi connectivity index (χ4v) is 3.23. The van der Waals surface area contributed by atoms with Crippen molar-refractivity contribution in [2.45, 2.75) is 6.42 Å². The molecule has 0 saturated heterocycles. The summed E-state index contributed by atoms with van der Waals surface area (Å²) in [6.45, 7) is 0.238. The van der Waals surface area contributed by atoms with Crippen LogP contribution in [0.15, 0.2) is 60.7 Å². The minimum Gasteiger partial charge on any atom is -0.507 e. The highest BCUT2D eigenvalue weighted by Gasteiger charge is 2.25. The number of carbonyl (C=O) groups is 2. The first kappa shape index (κ1) is 16.9. The van der Waals surface area contributed by atoms with Gasteiger partial charge in [0.15, 0.2) is 6.61 Å². The van der Waals surface area contributed by atoms with Crippen molar-refractivity contribution in [1.29, 1.82) is 0 Å². The molecule has 2 amide bonds. The maximum Gasteiger partial charge on any atom is 0.265 e. The minimum absolute atomic E-state index is 0.0266. The lowest BCUT2D eigenvalue weighted by atomic mass is 10.1. The standard InChI is InChI=1S/C21H18N2O4/c24-18-9-4-5-14-15(18)6-3-7-16(14)22-20(25)11-12-23-17-8-1-2-10-19(17)27-13-21(23)26/h1-10,24H,11-13H2,(H,22,25). The Labute approximate surface area is 156 Å². The van der Waals surface area contributed by atoms with Crippen molar-refractivity contribution >= 4 is 34.0 Å². The molecule has 0 saturated carbocycles. The number of rotatable bonds is 4. The zero-order valence-corrected chi connectivity index (χ0v) is 14.5. The molecule has 1 heterocycles. The Morgan fingerprint density at radius 3 is 2.70 bits per heavy atom. The summed E-state index contributed by atoms with van der Waals surface area (Å²) in [5.74, 6) is 0.431. The lowest BCUT2D eigenvalue weighted by Gasteiger charge is -2.29. The molecular weight excluding hydrogens is 344 g/mol. The summed E-state index contributed by atoms with van der Waals surface area (Å²) in [6, 6.07) is 17.8. The molecular formula is C21H18N2O4. The van der Waals surface area contributed by atoms with E-state index in [-0.39, 0.29) is 37.1 Å². The number of aromatic hydroxyl groups is 1. The van der Waals surface area contributed by atoms with Crippen molar-refractivity contribution in [3.63, 3.8) is 0 Å². The van der Waals surface area contributed by atoms with Crippen LogP contribution in [0.5, 0.6) is 11.5 Å². The number of hydrogen-bond acceptors (Lipinski definition) is 4. The van der Waals surface area contributed by atoms with Crippen LogP contribution >= 0.6 is 0 Å². The first-order valence-corrected chi connectivity index (χ1v) is 8.66. The zero-order chi connectivity index (χ0) is 18.8. The molecule has 6 nitrogen and oxygen atoms in total. The van der Waals surface area contributed by atoms with E-state index in [4.69, 9.17) is 4.74 Å². The molecule has 136 valence electrons. The van der Waals surface area contributed by atoms with Crippen molar-refractivity contribution in [2.75, 3.05) is 23.4 Å². The Morgan fingerprint density at radius 2 is 1.81 bits per heavy atom. The van der Waals surface area contributed by atoms with Gasteiger partial charge in [-0.05, 0) is 24.3 Å². The van der Waals surface area contributed by atoms with Crippen LogP contribution in [-0.2, 0) is 9.59 Å². The molecule has 3 aromatic carbocycles. The van der Waals surface area contributed by atoms with Crippen molar-refractivity contribution < 1.29 is 19.4 Å². The highest BCUT2D eigenvalue weighted by atomic mass is 16.5. The third-order valence-corrected chi connectivity index (χ3v) is 4.54. The van der Waals surface area contributed by atoms with E-state index in [1.807, 2.05) is 18.2 Å². The van der Waals surface area contributed by atoms with Gasteiger partial charge in [-0.25, -0.2) is 0 Å². The first-order chi connectivity index (χ1) is 13.1. The smallest absolute Gasteiger partial charge is 0.265 e. The van der Waals surface area contributed by atoms with Crippen LogP contribution in [0.25, 0.3) is 10.8 Å². The van der Waals surface area contributed by atoms with E-state index in [2.05, 4.69) is 5.32 Å². The molecule has 6 heteroatoms. The van der Waals surface area contributed by atoms with E-state index in [1.54, 1.807) is 47.4 Å². The average Bonchev–Trinajstić information content (AvgIpc) is 2.68. The van der Waals surface area contributed by atoms with E-state index in [0.717, 1.165) is 5.39 Å². The number of carbonyl (C=O) groups excluding carboxylic acids is 2. The van der Waals surface area contributed by atoms with Gasteiger partial charge in [-0.1, -0.05) is 36.4 Å². The SMILES string of the molecule is O=C(CCN1C(=O)COc2ccccc21)Nc1cccc2c(O)cccc12. The molecule has 4 rings (SSSR count). The number of nitrogens with zero attached hydrogens (tertiary/aromatic N) is 1. The van der Waals surface area contributed by atoms with Crippen LogP contribution in [0.1, 0.15) is 6.42 Å². The molecule has 0 spiro atoms. The van der Waals surface area contributed by atoms with Gasteiger partial charge in [0.25, 0.3) is 5.91 Å². The molecule has 2 N–H and O–H groups in total. The zero-order valence-electron chi connectivity index (χ0n) is 14.5. The van der Waals surface area contributed by atoms with Crippen molar-refractivity contribution in [2.24, 2.45) is 0 Å². The Balaban J connectivity index is 1.48. The number of benzene rings is 3. The molecule has 27 heavy (non-hydrogen) atoms. The largest absolute Gasteiger partial charge is 0.507 e.